The van der Waals surface area contributed by atoms with Crippen LogP contribution in [0.3, 0.4) is 0 Å². The number of esters is 1. The minimum atomic E-state index is -0.465. The second-order valence-corrected chi connectivity index (χ2v) is 8.40. The molecule has 0 aromatic heterocycles. The van der Waals surface area contributed by atoms with Gasteiger partial charge < -0.3 is 24.1 Å². The van der Waals surface area contributed by atoms with Crippen molar-refractivity contribution in [2.75, 3.05) is 6.61 Å². The van der Waals surface area contributed by atoms with Crippen LogP contribution in [0.5, 0.6) is 0 Å². The van der Waals surface area contributed by atoms with Crippen LogP contribution in [0.4, 0.5) is 0 Å². The Kier molecular flexibility index (Phi) is 7.19. The number of rotatable bonds is 9. The molecule has 29 heavy (non-hydrogen) atoms. The van der Waals surface area contributed by atoms with E-state index in [9.17, 15) is 9.90 Å². The van der Waals surface area contributed by atoms with Gasteiger partial charge in [0.1, 0.15) is 6.10 Å². The Balaban J connectivity index is 1.12. The molecule has 1 N–H and O–H groups in total. The maximum absolute atomic E-state index is 11.3. The van der Waals surface area contributed by atoms with Gasteiger partial charge in [0.25, 0.3) is 0 Å². The van der Waals surface area contributed by atoms with E-state index in [4.69, 9.17) is 18.9 Å². The fourth-order valence-corrected chi connectivity index (χ4v) is 4.64. The standard InChI is InChI=1S/C23H32O6/c24-17(7-4-14-26-15-16-5-2-1-3-6-16)18-8-9-19(27-18)20-10-11-21(28-20)22-12-13-23(25)29-22/h1-3,5-6,17-22,24H,4,7-15H2/t17-,18-,19+,20+,21+,22+/m1/s1. The van der Waals surface area contributed by atoms with Gasteiger partial charge in [0.15, 0.2) is 0 Å². The zero-order valence-corrected chi connectivity index (χ0v) is 16.9. The summed E-state index contributed by atoms with van der Waals surface area (Å²) in [6.45, 7) is 1.24. The number of aliphatic hydroxyl groups excluding tert-OH is 1. The molecule has 0 spiro atoms. The highest BCUT2D eigenvalue weighted by atomic mass is 16.6. The van der Waals surface area contributed by atoms with Gasteiger partial charge in [-0.05, 0) is 50.5 Å². The highest BCUT2D eigenvalue weighted by Gasteiger charge is 2.43. The molecule has 0 aliphatic carbocycles. The first kappa shape index (κ1) is 20.8. The number of hydrogen-bond donors (Lipinski definition) is 1. The quantitative estimate of drug-likeness (QED) is 0.503. The van der Waals surface area contributed by atoms with Crippen LogP contribution in [0.1, 0.15) is 56.9 Å². The summed E-state index contributed by atoms with van der Waals surface area (Å²) in [5.74, 6) is -0.116. The van der Waals surface area contributed by atoms with Crippen LogP contribution in [0.15, 0.2) is 30.3 Å². The van der Waals surface area contributed by atoms with Crippen molar-refractivity contribution in [2.24, 2.45) is 0 Å². The summed E-state index contributed by atoms with van der Waals surface area (Å²) in [6, 6.07) is 10.1. The molecule has 0 amide bonds. The number of aliphatic hydroxyl groups is 1. The van der Waals surface area contributed by atoms with E-state index in [2.05, 4.69) is 0 Å². The molecule has 6 heteroatoms. The second-order valence-electron chi connectivity index (χ2n) is 8.40. The number of benzene rings is 1. The summed E-state index contributed by atoms with van der Waals surface area (Å²) in [7, 11) is 0. The van der Waals surface area contributed by atoms with E-state index in [1.165, 1.54) is 0 Å². The van der Waals surface area contributed by atoms with Gasteiger partial charge in [-0.2, -0.15) is 0 Å². The lowest BCUT2D eigenvalue weighted by atomic mass is 10.0. The van der Waals surface area contributed by atoms with Gasteiger partial charge in [0.05, 0.1) is 37.1 Å². The van der Waals surface area contributed by atoms with E-state index >= 15 is 0 Å². The van der Waals surface area contributed by atoms with Gasteiger partial charge in [0.2, 0.25) is 0 Å². The summed E-state index contributed by atoms with van der Waals surface area (Å²) < 4.78 is 23.3. The fraction of sp³-hybridized carbons (Fsp3) is 0.696. The molecule has 6 atom stereocenters. The zero-order valence-electron chi connectivity index (χ0n) is 16.9. The topological polar surface area (TPSA) is 74.2 Å². The summed E-state index contributed by atoms with van der Waals surface area (Å²) in [5.41, 5.74) is 1.16. The fourth-order valence-electron chi connectivity index (χ4n) is 4.64. The Morgan fingerprint density at radius 2 is 1.69 bits per heavy atom. The third-order valence-electron chi connectivity index (χ3n) is 6.24. The van der Waals surface area contributed by atoms with E-state index in [-0.39, 0.29) is 36.5 Å². The first-order valence-corrected chi connectivity index (χ1v) is 11.0. The minimum Gasteiger partial charge on any atom is -0.460 e. The molecule has 6 nitrogen and oxygen atoms in total. The lowest BCUT2D eigenvalue weighted by Gasteiger charge is -2.24. The molecule has 3 aliphatic heterocycles. The molecule has 3 saturated heterocycles. The monoisotopic (exact) mass is 404 g/mol. The van der Waals surface area contributed by atoms with Crippen LogP contribution in [0.25, 0.3) is 0 Å². The van der Waals surface area contributed by atoms with Gasteiger partial charge in [-0.15, -0.1) is 0 Å². The van der Waals surface area contributed by atoms with Crippen molar-refractivity contribution in [1.82, 2.24) is 0 Å². The van der Waals surface area contributed by atoms with Crippen LogP contribution in [0, 0.1) is 0 Å². The van der Waals surface area contributed by atoms with Crippen LogP contribution < -0.4 is 0 Å². The lowest BCUT2D eigenvalue weighted by Crippen LogP contribution is -2.33. The molecule has 0 unspecified atom stereocenters. The Hall–Kier alpha value is -1.47. The van der Waals surface area contributed by atoms with E-state index in [0.717, 1.165) is 44.1 Å². The van der Waals surface area contributed by atoms with Gasteiger partial charge >= 0.3 is 5.97 Å². The van der Waals surface area contributed by atoms with Gasteiger partial charge in [-0.3, -0.25) is 4.79 Å². The predicted octanol–water partition coefficient (Wildman–Crippen LogP) is 3.15. The molecule has 3 aliphatic rings. The highest BCUT2D eigenvalue weighted by molar-refractivity contribution is 5.71. The van der Waals surface area contributed by atoms with E-state index in [1.807, 2.05) is 30.3 Å². The average molecular weight is 405 g/mol. The van der Waals surface area contributed by atoms with Crippen LogP contribution in [-0.4, -0.2) is 54.3 Å². The van der Waals surface area contributed by atoms with Crippen LogP contribution in [-0.2, 0) is 30.3 Å². The molecule has 0 bridgehead atoms. The second kappa shape index (κ2) is 10.0. The number of hydrogen-bond acceptors (Lipinski definition) is 6. The van der Waals surface area contributed by atoms with Crippen molar-refractivity contribution in [3.8, 4) is 0 Å². The van der Waals surface area contributed by atoms with Crippen molar-refractivity contribution in [3.63, 3.8) is 0 Å². The van der Waals surface area contributed by atoms with Crippen LogP contribution in [0.2, 0.25) is 0 Å². The summed E-state index contributed by atoms with van der Waals surface area (Å²) in [6.07, 6.45) is 5.76. The maximum Gasteiger partial charge on any atom is 0.306 e. The molecule has 0 radical (unpaired) electrons. The van der Waals surface area contributed by atoms with Crippen molar-refractivity contribution in [1.29, 1.82) is 0 Å². The Labute approximate surface area is 172 Å². The third-order valence-corrected chi connectivity index (χ3v) is 6.24. The normalized spacial score (nSPS) is 33.1. The zero-order chi connectivity index (χ0) is 20.1. The number of carbonyl (C=O) groups is 1. The molecular weight excluding hydrogens is 372 g/mol. The Bertz CT molecular complexity index is 650. The molecule has 1 aromatic rings. The molecule has 0 saturated carbocycles. The molecule has 3 fully saturated rings. The maximum atomic E-state index is 11.3. The smallest absolute Gasteiger partial charge is 0.306 e. The van der Waals surface area contributed by atoms with Crippen molar-refractivity contribution in [2.45, 2.75) is 94.6 Å². The minimum absolute atomic E-state index is 0.000729. The first-order valence-electron chi connectivity index (χ1n) is 11.0. The van der Waals surface area contributed by atoms with Crippen LogP contribution >= 0.6 is 0 Å². The molecule has 3 heterocycles. The largest absolute Gasteiger partial charge is 0.460 e. The predicted molar refractivity (Wildman–Crippen MR) is 106 cm³/mol. The van der Waals surface area contributed by atoms with Gasteiger partial charge in [-0.1, -0.05) is 30.3 Å². The van der Waals surface area contributed by atoms with Gasteiger partial charge in [0, 0.05) is 13.0 Å². The molecule has 1 aromatic carbocycles. The van der Waals surface area contributed by atoms with E-state index in [0.29, 0.717) is 26.1 Å². The first-order chi connectivity index (χ1) is 14.2. The number of cyclic esters (lactones) is 1. The van der Waals surface area contributed by atoms with Crippen molar-refractivity contribution < 1.29 is 28.8 Å². The lowest BCUT2D eigenvalue weighted by molar-refractivity contribution is -0.149. The number of carbonyl (C=O) groups excluding carboxylic acids is 1. The molecular formula is C23H32O6. The van der Waals surface area contributed by atoms with Crippen molar-refractivity contribution in [3.05, 3.63) is 35.9 Å². The summed E-state index contributed by atoms with van der Waals surface area (Å²) >= 11 is 0. The summed E-state index contributed by atoms with van der Waals surface area (Å²) in [4.78, 5) is 11.3. The Morgan fingerprint density at radius 3 is 2.45 bits per heavy atom. The molecule has 4 rings (SSSR count). The SMILES string of the molecule is O=C1CC[C@@H]([C@@H]2CC[C@@H]([C@@H]3CC[C@H]([C@H](O)CCCOCc4ccccc4)O3)O2)O1. The molecule has 160 valence electrons. The average Bonchev–Trinajstić information content (AvgIpc) is 3.48. The summed E-state index contributed by atoms with van der Waals surface area (Å²) in [5, 5.41) is 10.5. The van der Waals surface area contributed by atoms with E-state index < -0.39 is 6.10 Å². The highest BCUT2D eigenvalue weighted by Crippen LogP contribution is 2.36. The number of ether oxygens (including phenoxy) is 4. The van der Waals surface area contributed by atoms with Gasteiger partial charge in [-0.25, -0.2) is 0 Å². The van der Waals surface area contributed by atoms with E-state index in [1.54, 1.807) is 0 Å². The van der Waals surface area contributed by atoms with Crippen molar-refractivity contribution >= 4 is 5.97 Å². The Morgan fingerprint density at radius 1 is 0.966 bits per heavy atom. The third kappa shape index (κ3) is 5.57.